The number of rotatable bonds is 1. The smallest absolute Gasteiger partial charge is 0.198 e. The minimum absolute atomic E-state index is 0.0132. The summed E-state index contributed by atoms with van der Waals surface area (Å²) in [7, 11) is 0. The van der Waals surface area contributed by atoms with Crippen molar-refractivity contribution >= 4 is 21.9 Å². The SMILES string of the molecule is CC(C)c1nc2cc(O)c3c(O)cccc3c2o1. The van der Waals surface area contributed by atoms with Gasteiger partial charge in [-0.15, -0.1) is 0 Å². The van der Waals surface area contributed by atoms with Gasteiger partial charge in [-0.1, -0.05) is 26.0 Å². The van der Waals surface area contributed by atoms with Gasteiger partial charge in [-0.2, -0.15) is 0 Å². The molecule has 4 heteroatoms. The van der Waals surface area contributed by atoms with E-state index in [2.05, 4.69) is 4.98 Å². The van der Waals surface area contributed by atoms with Crippen molar-refractivity contribution in [2.24, 2.45) is 0 Å². The second-order valence-electron chi connectivity index (χ2n) is 4.65. The third-order valence-corrected chi connectivity index (χ3v) is 2.98. The van der Waals surface area contributed by atoms with Crippen LogP contribution < -0.4 is 0 Å². The zero-order chi connectivity index (χ0) is 12.9. The van der Waals surface area contributed by atoms with Gasteiger partial charge in [0.05, 0.1) is 5.39 Å². The molecule has 0 aliphatic carbocycles. The minimum atomic E-state index is 0.0132. The largest absolute Gasteiger partial charge is 0.507 e. The second kappa shape index (κ2) is 3.63. The fourth-order valence-corrected chi connectivity index (χ4v) is 2.09. The molecule has 2 aromatic carbocycles. The number of aromatic hydroxyl groups is 2. The standard InChI is InChI=1S/C14H13NO3/c1-7(2)14-15-9-6-11(17)12-8(13(9)18-14)4-3-5-10(12)16/h3-7,16-17H,1-2H3. The molecule has 0 aliphatic heterocycles. The van der Waals surface area contributed by atoms with E-state index in [0.717, 1.165) is 0 Å². The first kappa shape index (κ1) is 10.9. The van der Waals surface area contributed by atoms with Gasteiger partial charge in [0, 0.05) is 17.4 Å². The summed E-state index contributed by atoms with van der Waals surface area (Å²) in [5, 5.41) is 20.8. The van der Waals surface area contributed by atoms with E-state index in [1.807, 2.05) is 13.8 Å². The molecule has 4 nitrogen and oxygen atoms in total. The average Bonchev–Trinajstić information content (AvgIpc) is 2.73. The predicted molar refractivity (Wildman–Crippen MR) is 68.9 cm³/mol. The number of hydrogen-bond donors (Lipinski definition) is 2. The van der Waals surface area contributed by atoms with Crippen LogP contribution in [0.5, 0.6) is 11.5 Å². The third-order valence-electron chi connectivity index (χ3n) is 2.98. The molecule has 0 amide bonds. The lowest BCUT2D eigenvalue weighted by molar-refractivity contribution is 0.464. The Morgan fingerprint density at radius 2 is 1.94 bits per heavy atom. The van der Waals surface area contributed by atoms with E-state index in [1.165, 1.54) is 12.1 Å². The first-order valence-corrected chi connectivity index (χ1v) is 5.82. The monoisotopic (exact) mass is 243 g/mol. The van der Waals surface area contributed by atoms with Crippen LogP contribution in [0.25, 0.3) is 21.9 Å². The predicted octanol–water partition coefficient (Wildman–Crippen LogP) is 3.52. The van der Waals surface area contributed by atoms with E-state index in [1.54, 1.807) is 12.1 Å². The minimum Gasteiger partial charge on any atom is -0.507 e. The lowest BCUT2D eigenvalue weighted by atomic mass is 10.1. The maximum absolute atomic E-state index is 9.96. The van der Waals surface area contributed by atoms with Gasteiger partial charge in [0.2, 0.25) is 0 Å². The lowest BCUT2D eigenvalue weighted by Crippen LogP contribution is -1.84. The van der Waals surface area contributed by atoms with Crippen LogP contribution in [0.3, 0.4) is 0 Å². The average molecular weight is 243 g/mol. The Morgan fingerprint density at radius 1 is 1.17 bits per heavy atom. The number of fused-ring (bicyclic) bond motifs is 3. The molecular formula is C14H13NO3. The molecule has 0 fully saturated rings. The van der Waals surface area contributed by atoms with Crippen LogP contribution in [0.2, 0.25) is 0 Å². The molecule has 0 radical (unpaired) electrons. The highest BCUT2D eigenvalue weighted by atomic mass is 16.3. The van der Waals surface area contributed by atoms with Crippen LogP contribution in [-0.4, -0.2) is 15.2 Å². The quantitative estimate of drug-likeness (QED) is 0.686. The Kier molecular flexibility index (Phi) is 2.20. The van der Waals surface area contributed by atoms with Gasteiger partial charge >= 0.3 is 0 Å². The highest BCUT2D eigenvalue weighted by molar-refractivity contribution is 6.08. The van der Waals surface area contributed by atoms with Crippen LogP contribution in [0, 0.1) is 0 Å². The highest BCUT2D eigenvalue weighted by Crippen LogP contribution is 2.38. The van der Waals surface area contributed by atoms with Crippen LogP contribution >= 0.6 is 0 Å². The Morgan fingerprint density at radius 3 is 2.67 bits per heavy atom. The van der Waals surface area contributed by atoms with Crippen LogP contribution in [-0.2, 0) is 0 Å². The molecule has 1 heterocycles. The molecule has 0 spiro atoms. The first-order valence-electron chi connectivity index (χ1n) is 5.82. The molecule has 3 aromatic rings. The van der Waals surface area contributed by atoms with E-state index in [0.29, 0.717) is 27.8 Å². The van der Waals surface area contributed by atoms with Gasteiger partial charge < -0.3 is 14.6 Å². The Labute approximate surface area is 103 Å². The fraction of sp³-hybridized carbons (Fsp3) is 0.214. The Hall–Kier alpha value is -2.23. The number of aromatic nitrogens is 1. The van der Waals surface area contributed by atoms with Crippen LogP contribution in [0.15, 0.2) is 28.7 Å². The van der Waals surface area contributed by atoms with E-state index in [4.69, 9.17) is 4.42 Å². The fourth-order valence-electron chi connectivity index (χ4n) is 2.09. The maximum Gasteiger partial charge on any atom is 0.198 e. The third kappa shape index (κ3) is 1.42. The molecular weight excluding hydrogens is 230 g/mol. The summed E-state index contributed by atoms with van der Waals surface area (Å²) in [4.78, 5) is 4.34. The molecule has 2 N–H and O–H groups in total. The summed E-state index contributed by atoms with van der Waals surface area (Å²) in [5.41, 5.74) is 1.21. The van der Waals surface area contributed by atoms with Crippen molar-refractivity contribution in [3.05, 3.63) is 30.2 Å². The van der Waals surface area contributed by atoms with E-state index in [9.17, 15) is 10.2 Å². The van der Waals surface area contributed by atoms with Crippen molar-refractivity contribution in [1.29, 1.82) is 0 Å². The van der Waals surface area contributed by atoms with E-state index in [-0.39, 0.29) is 17.4 Å². The molecule has 0 atom stereocenters. The van der Waals surface area contributed by atoms with Gasteiger partial charge in [0.25, 0.3) is 0 Å². The molecule has 18 heavy (non-hydrogen) atoms. The van der Waals surface area contributed by atoms with Crippen molar-refractivity contribution in [2.45, 2.75) is 19.8 Å². The van der Waals surface area contributed by atoms with Gasteiger partial charge in [-0.25, -0.2) is 4.98 Å². The van der Waals surface area contributed by atoms with Crippen molar-refractivity contribution < 1.29 is 14.6 Å². The van der Waals surface area contributed by atoms with Crippen LogP contribution in [0.4, 0.5) is 0 Å². The summed E-state index contributed by atoms with van der Waals surface area (Å²) in [6.45, 7) is 3.98. The Bertz CT molecular complexity index is 743. The van der Waals surface area contributed by atoms with E-state index < -0.39 is 0 Å². The summed E-state index contributed by atoms with van der Waals surface area (Å²) in [5.74, 6) is 0.848. The van der Waals surface area contributed by atoms with Crippen molar-refractivity contribution in [2.75, 3.05) is 0 Å². The number of nitrogens with zero attached hydrogens (tertiary/aromatic N) is 1. The number of phenolic OH excluding ortho intramolecular Hbond substituents is 2. The molecule has 92 valence electrons. The topological polar surface area (TPSA) is 66.5 Å². The molecule has 1 aromatic heterocycles. The molecule has 0 bridgehead atoms. The normalized spacial score (nSPS) is 11.7. The first-order chi connectivity index (χ1) is 8.58. The molecule has 0 saturated heterocycles. The summed E-state index contributed by atoms with van der Waals surface area (Å²) < 4.78 is 5.72. The van der Waals surface area contributed by atoms with Crippen molar-refractivity contribution in [3.63, 3.8) is 0 Å². The van der Waals surface area contributed by atoms with Crippen molar-refractivity contribution in [3.8, 4) is 11.5 Å². The van der Waals surface area contributed by atoms with E-state index >= 15 is 0 Å². The van der Waals surface area contributed by atoms with Gasteiger partial charge in [0.15, 0.2) is 11.5 Å². The summed E-state index contributed by atoms with van der Waals surface area (Å²) >= 11 is 0. The summed E-state index contributed by atoms with van der Waals surface area (Å²) in [6.07, 6.45) is 0. The molecule has 0 saturated carbocycles. The van der Waals surface area contributed by atoms with Gasteiger partial charge in [-0.3, -0.25) is 0 Å². The maximum atomic E-state index is 9.96. The number of oxazole rings is 1. The van der Waals surface area contributed by atoms with Gasteiger partial charge in [-0.05, 0) is 6.07 Å². The number of hydrogen-bond acceptors (Lipinski definition) is 4. The Balaban J connectivity index is 2.49. The van der Waals surface area contributed by atoms with Crippen LogP contribution in [0.1, 0.15) is 25.7 Å². The molecule has 3 rings (SSSR count). The zero-order valence-electron chi connectivity index (χ0n) is 10.1. The molecule has 0 unspecified atom stereocenters. The van der Waals surface area contributed by atoms with Crippen molar-refractivity contribution in [1.82, 2.24) is 4.98 Å². The lowest BCUT2D eigenvalue weighted by Gasteiger charge is -2.03. The zero-order valence-corrected chi connectivity index (χ0v) is 10.1. The number of phenols is 2. The number of benzene rings is 2. The molecule has 0 aliphatic rings. The van der Waals surface area contributed by atoms with Gasteiger partial charge in [0.1, 0.15) is 17.0 Å². The second-order valence-corrected chi connectivity index (χ2v) is 4.65. The summed E-state index contributed by atoms with van der Waals surface area (Å²) in [6, 6.07) is 6.57. The highest BCUT2D eigenvalue weighted by Gasteiger charge is 2.16.